The van der Waals surface area contributed by atoms with Gasteiger partial charge in [-0.3, -0.25) is 0 Å². The fourth-order valence-corrected chi connectivity index (χ4v) is 6.68. The standard InChI is InChI=1S/C16H23NS/c1-11(17)15-6-12-5-13(7-15)9-16(8-12,10-15)14-3-2-4-18-14/h2-4,11-13H,5-10,17H2,1H3. The lowest BCUT2D eigenvalue weighted by Gasteiger charge is -2.63. The first kappa shape index (κ1) is 11.5. The number of hydrogen-bond donors (Lipinski definition) is 1. The van der Waals surface area contributed by atoms with Crippen LogP contribution in [0.2, 0.25) is 0 Å². The minimum atomic E-state index is 0.378. The van der Waals surface area contributed by atoms with Crippen LogP contribution in [0.3, 0.4) is 0 Å². The van der Waals surface area contributed by atoms with Crippen LogP contribution in [0, 0.1) is 17.3 Å². The van der Waals surface area contributed by atoms with Crippen LogP contribution < -0.4 is 5.73 Å². The summed E-state index contributed by atoms with van der Waals surface area (Å²) in [7, 11) is 0. The Kier molecular flexibility index (Phi) is 2.30. The van der Waals surface area contributed by atoms with E-state index in [4.69, 9.17) is 5.73 Å². The van der Waals surface area contributed by atoms with Crippen molar-refractivity contribution in [3.05, 3.63) is 22.4 Å². The van der Waals surface area contributed by atoms with Gasteiger partial charge in [0, 0.05) is 16.3 Å². The average molecular weight is 261 g/mol. The van der Waals surface area contributed by atoms with Gasteiger partial charge in [-0.2, -0.15) is 0 Å². The fraction of sp³-hybridized carbons (Fsp3) is 0.750. The number of rotatable bonds is 2. The molecule has 2 heteroatoms. The topological polar surface area (TPSA) is 26.0 Å². The van der Waals surface area contributed by atoms with Gasteiger partial charge < -0.3 is 5.73 Å². The molecule has 2 N–H and O–H groups in total. The Labute approximate surface area is 114 Å². The first-order chi connectivity index (χ1) is 8.62. The van der Waals surface area contributed by atoms with E-state index in [1.165, 1.54) is 38.5 Å². The van der Waals surface area contributed by atoms with Crippen LogP contribution in [0.15, 0.2) is 17.5 Å². The highest BCUT2D eigenvalue weighted by molar-refractivity contribution is 7.10. The third-order valence-electron chi connectivity index (χ3n) is 6.12. The van der Waals surface area contributed by atoms with Crippen molar-refractivity contribution in [1.29, 1.82) is 0 Å². The van der Waals surface area contributed by atoms with Crippen molar-refractivity contribution in [2.45, 2.75) is 56.9 Å². The van der Waals surface area contributed by atoms with Crippen LogP contribution in [-0.4, -0.2) is 6.04 Å². The normalized spacial score (nSPS) is 47.4. The Morgan fingerprint density at radius 2 is 2.00 bits per heavy atom. The smallest absolute Gasteiger partial charge is 0.0107 e. The molecule has 98 valence electrons. The van der Waals surface area contributed by atoms with E-state index in [2.05, 4.69) is 24.4 Å². The molecule has 18 heavy (non-hydrogen) atoms. The summed E-state index contributed by atoms with van der Waals surface area (Å²) in [5.74, 6) is 1.92. The summed E-state index contributed by atoms with van der Waals surface area (Å²) in [6.07, 6.45) is 8.56. The Hall–Kier alpha value is -0.340. The van der Waals surface area contributed by atoms with Gasteiger partial charge in [-0.1, -0.05) is 6.07 Å². The zero-order valence-electron chi connectivity index (χ0n) is 11.2. The largest absolute Gasteiger partial charge is 0.327 e. The molecule has 4 fully saturated rings. The molecule has 0 amide bonds. The van der Waals surface area contributed by atoms with Gasteiger partial charge in [0.2, 0.25) is 0 Å². The number of hydrogen-bond acceptors (Lipinski definition) is 2. The molecule has 4 saturated carbocycles. The molecule has 1 nitrogen and oxygen atoms in total. The average Bonchev–Trinajstić information content (AvgIpc) is 2.80. The summed E-state index contributed by atoms with van der Waals surface area (Å²) >= 11 is 1.98. The highest BCUT2D eigenvalue weighted by Gasteiger charge is 2.59. The molecule has 4 bridgehead atoms. The van der Waals surface area contributed by atoms with E-state index >= 15 is 0 Å². The van der Waals surface area contributed by atoms with Gasteiger partial charge in [-0.05, 0) is 74.1 Å². The van der Waals surface area contributed by atoms with E-state index < -0.39 is 0 Å². The van der Waals surface area contributed by atoms with E-state index in [1.807, 2.05) is 11.3 Å². The summed E-state index contributed by atoms with van der Waals surface area (Å²) in [5.41, 5.74) is 7.38. The van der Waals surface area contributed by atoms with Gasteiger partial charge in [0.15, 0.2) is 0 Å². The van der Waals surface area contributed by atoms with E-state index in [0.717, 1.165) is 11.8 Å². The molecule has 5 rings (SSSR count). The fourth-order valence-electron chi connectivity index (χ4n) is 5.73. The summed E-state index contributed by atoms with van der Waals surface area (Å²) in [6, 6.07) is 4.99. The molecule has 0 aromatic carbocycles. The molecule has 0 saturated heterocycles. The van der Waals surface area contributed by atoms with Gasteiger partial charge in [-0.25, -0.2) is 0 Å². The number of nitrogens with two attached hydrogens (primary N) is 1. The van der Waals surface area contributed by atoms with E-state index in [9.17, 15) is 0 Å². The second kappa shape index (κ2) is 3.61. The Balaban J connectivity index is 1.79. The van der Waals surface area contributed by atoms with Crippen molar-refractivity contribution in [2.24, 2.45) is 23.0 Å². The summed E-state index contributed by atoms with van der Waals surface area (Å²) in [5, 5.41) is 2.26. The number of thiophene rings is 1. The zero-order chi connectivity index (χ0) is 12.4. The van der Waals surface area contributed by atoms with Crippen LogP contribution >= 0.6 is 11.3 Å². The van der Waals surface area contributed by atoms with Crippen LogP contribution in [-0.2, 0) is 5.41 Å². The SMILES string of the molecule is CC(N)C12CC3CC(CC(c4cccs4)(C3)C1)C2. The predicted molar refractivity (Wildman–Crippen MR) is 76.8 cm³/mol. The van der Waals surface area contributed by atoms with Crippen LogP contribution in [0.1, 0.15) is 50.3 Å². The Morgan fingerprint density at radius 1 is 1.28 bits per heavy atom. The second-order valence-electron chi connectivity index (χ2n) is 7.37. The lowest BCUT2D eigenvalue weighted by atomic mass is 9.42. The van der Waals surface area contributed by atoms with Gasteiger partial charge in [-0.15, -0.1) is 11.3 Å². The maximum atomic E-state index is 6.41. The predicted octanol–water partition coefficient (Wildman–Crippen LogP) is 3.93. The molecular formula is C16H23NS. The molecule has 0 aliphatic heterocycles. The van der Waals surface area contributed by atoms with Gasteiger partial charge >= 0.3 is 0 Å². The van der Waals surface area contributed by atoms with Gasteiger partial charge in [0.1, 0.15) is 0 Å². The Bertz CT molecular complexity index is 434. The first-order valence-corrected chi connectivity index (χ1v) is 8.29. The molecule has 0 spiro atoms. The van der Waals surface area contributed by atoms with Crippen molar-refractivity contribution >= 4 is 11.3 Å². The maximum absolute atomic E-state index is 6.41. The molecular weight excluding hydrogens is 238 g/mol. The Morgan fingerprint density at radius 3 is 2.56 bits per heavy atom. The highest BCUT2D eigenvalue weighted by atomic mass is 32.1. The van der Waals surface area contributed by atoms with Crippen LogP contribution in [0.4, 0.5) is 0 Å². The maximum Gasteiger partial charge on any atom is 0.0107 e. The van der Waals surface area contributed by atoms with E-state index in [0.29, 0.717) is 16.9 Å². The lowest BCUT2D eigenvalue weighted by molar-refractivity contribution is -0.0809. The van der Waals surface area contributed by atoms with E-state index in [1.54, 1.807) is 4.88 Å². The third-order valence-corrected chi connectivity index (χ3v) is 7.23. The zero-order valence-corrected chi connectivity index (χ0v) is 12.0. The molecule has 1 aromatic heterocycles. The summed E-state index contributed by atoms with van der Waals surface area (Å²) in [6.45, 7) is 2.26. The second-order valence-corrected chi connectivity index (χ2v) is 8.32. The summed E-state index contributed by atoms with van der Waals surface area (Å²) in [4.78, 5) is 1.65. The molecule has 3 unspecified atom stereocenters. The van der Waals surface area contributed by atoms with Crippen molar-refractivity contribution in [2.75, 3.05) is 0 Å². The molecule has 1 heterocycles. The molecule has 0 radical (unpaired) electrons. The van der Waals surface area contributed by atoms with Crippen LogP contribution in [0.25, 0.3) is 0 Å². The molecule has 4 aliphatic rings. The first-order valence-electron chi connectivity index (χ1n) is 7.42. The van der Waals surface area contributed by atoms with E-state index in [-0.39, 0.29) is 0 Å². The minimum Gasteiger partial charge on any atom is -0.327 e. The molecule has 1 aromatic rings. The molecule has 3 atom stereocenters. The quantitative estimate of drug-likeness (QED) is 0.857. The summed E-state index contributed by atoms with van der Waals surface area (Å²) < 4.78 is 0. The third kappa shape index (κ3) is 1.42. The lowest BCUT2D eigenvalue weighted by Crippen LogP contribution is -2.58. The minimum absolute atomic E-state index is 0.378. The highest BCUT2D eigenvalue weighted by Crippen LogP contribution is 2.66. The van der Waals surface area contributed by atoms with Crippen molar-refractivity contribution in [1.82, 2.24) is 0 Å². The van der Waals surface area contributed by atoms with Gasteiger partial charge in [0.25, 0.3) is 0 Å². The van der Waals surface area contributed by atoms with Crippen molar-refractivity contribution in [3.8, 4) is 0 Å². The van der Waals surface area contributed by atoms with Crippen molar-refractivity contribution in [3.63, 3.8) is 0 Å². The van der Waals surface area contributed by atoms with Crippen LogP contribution in [0.5, 0.6) is 0 Å². The van der Waals surface area contributed by atoms with Crippen molar-refractivity contribution < 1.29 is 0 Å². The van der Waals surface area contributed by atoms with Gasteiger partial charge in [0.05, 0.1) is 0 Å². The monoisotopic (exact) mass is 261 g/mol. The molecule has 4 aliphatic carbocycles.